The average Bonchev–Trinajstić information content (AvgIpc) is 2.80. The van der Waals surface area contributed by atoms with Crippen molar-refractivity contribution < 1.29 is 0 Å². The Bertz CT molecular complexity index is 571. The summed E-state index contributed by atoms with van der Waals surface area (Å²) >= 11 is 7.89. The van der Waals surface area contributed by atoms with E-state index in [0.717, 1.165) is 5.65 Å². The maximum atomic E-state index is 5.95. The maximum Gasteiger partial charge on any atom is 0.243 e. The average molecular weight is 297 g/mol. The Morgan fingerprint density at radius 2 is 2.21 bits per heavy atom. The number of rotatable bonds is 3. The van der Waals surface area contributed by atoms with Gasteiger partial charge in [0.05, 0.1) is 5.02 Å². The number of pyridine rings is 1. The summed E-state index contributed by atoms with van der Waals surface area (Å²) in [6.45, 7) is 0. The molecular formula is C13H17ClN4S. The molecule has 1 aliphatic rings. The molecule has 2 unspecified atom stereocenters. The van der Waals surface area contributed by atoms with E-state index >= 15 is 0 Å². The van der Waals surface area contributed by atoms with Crippen LogP contribution in [0.25, 0.3) is 5.65 Å². The van der Waals surface area contributed by atoms with E-state index in [9.17, 15) is 0 Å². The molecule has 1 aliphatic carbocycles. The molecule has 0 aromatic carbocycles. The van der Waals surface area contributed by atoms with Crippen molar-refractivity contribution in [1.29, 1.82) is 0 Å². The number of fused-ring (bicyclic) bond motifs is 1. The zero-order valence-electron chi connectivity index (χ0n) is 10.8. The third kappa shape index (κ3) is 2.82. The zero-order chi connectivity index (χ0) is 13.2. The monoisotopic (exact) mass is 296 g/mol. The number of nitrogens with one attached hydrogen (secondary N) is 1. The van der Waals surface area contributed by atoms with Crippen LogP contribution in [0.5, 0.6) is 0 Å². The van der Waals surface area contributed by atoms with Crippen molar-refractivity contribution in [3.63, 3.8) is 0 Å². The molecule has 19 heavy (non-hydrogen) atoms. The summed E-state index contributed by atoms with van der Waals surface area (Å²) in [6.07, 6.45) is 9.05. The second kappa shape index (κ2) is 5.59. The van der Waals surface area contributed by atoms with Crippen molar-refractivity contribution in [1.82, 2.24) is 14.6 Å². The molecule has 0 amide bonds. The van der Waals surface area contributed by atoms with Gasteiger partial charge < -0.3 is 5.32 Å². The first-order valence-electron chi connectivity index (χ1n) is 6.57. The van der Waals surface area contributed by atoms with Gasteiger partial charge in [0, 0.05) is 17.5 Å². The predicted molar refractivity (Wildman–Crippen MR) is 81.2 cm³/mol. The van der Waals surface area contributed by atoms with Gasteiger partial charge in [-0.25, -0.2) is 4.52 Å². The molecule has 0 saturated heterocycles. The molecule has 102 valence electrons. The fourth-order valence-electron chi connectivity index (χ4n) is 2.63. The molecule has 2 aromatic rings. The first-order valence-corrected chi connectivity index (χ1v) is 8.24. The van der Waals surface area contributed by atoms with Crippen LogP contribution in [0.4, 0.5) is 5.95 Å². The second-order valence-corrected chi connectivity index (χ2v) is 6.41. The van der Waals surface area contributed by atoms with E-state index in [0.29, 0.717) is 22.3 Å². The van der Waals surface area contributed by atoms with Gasteiger partial charge in [0.1, 0.15) is 0 Å². The summed E-state index contributed by atoms with van der Waals surface area (Å²) in [5.74, 6) is 0.702. The fourth-order valence-corrected chi connectivity index (χ4v) is 3.72. The lowest BCUT2D eigenvalue weighted by atomic mass is 9.95. The zero-order valence-corrected chi connectivity index (χ0v) is 12.4. The van der Waals surface area contributed by atoms with E-state index in [4.69, 9.17) is 11.6 Å². The third-order valence-corrected chi connectivity index (χ3v) is 5.01. The van der Waals surface area contributed by atoms with Gasteiger partial charge in [0.2, 0.25) is 5.95 Å². The van der Waals surface area contributed by atoms with E-state index in [1.807, 2.05) is 23.9 Å². The topological polar surface area (TPSA) is 42.2 Å². The molecule has 1 fully saturated rings. The Morgan fingerprint density at radius 1 is 1.37 bits per heavy atom. The van der Waals surface area contributed by atoms with Crippen LogP contribution in [-0.4, -0.2) is 32.1 Å². The summed E-state index contributed by atoms with van der Waals surface area (Å²) in [7, 11) is 0. The summed E-state index contributed by atoms with van der Waals surface area (Å²) in [5.41, 5.74) is 0.823. The van der Waals surface area contributed by atoms with Gasteiger partial charge in [-0.1, -0.05) is 24.4 Å². The van der Waals surface area contributed by atoms with Crippen molar-refractivity contribution in [3.8, 4) is 0 Å². The Morgan fingerprint density at radius 3 is 3.05 bits per heavy atom. The maximum absolute atomic E-state index is 5.95. The second-order valence-electron chi connectivity index (χ2n) is 4.89. The highest BCUT2D eigenvalue weighted by Gasteiger charge is 2.25. The summed E-state index contributed by atoms with van der Waals surface area (Å²) in [5, 5.41) is 9.25. The van der Waals surface area contributed by atoms with Crippen LogP contribution in [0.15, 0.2) is 18.3 Å². The van der Waals surface area contributed by atoms with Crippen molar-refractivity contribution in [3.05, 3.63) is 23.4 Å². The van der Waals surface area contributed by atoms with E-state index in [1.165, 1.54) is 25.7 Å². The number of anilines is 1. The molecule has 1 N–H and O–H groups in total. The first-order chi connectivity index (χ1) is 9.26. The number of nitrogens with zero attached hydrogens (tertiary/aromatic N) is 3. The molecule has 2 atom stereocenters. The number of aromatic nitrogens is 3. The standard InChI is InChI=1S/C13H17ClN4S/c1-19-11-5-3-2-4-10(11)15-13-16-12-7-6-9(14)8-18(12)17-13/h6-8,10-11H,2-5H2,1H3,(H,15,17). The molecule has 2 aromatic heterocycles. The van der Waals surface area contributed by atoms with Gasteiger partial charge in [-0.05, 0) is 31.2 Å². The van der Waals surface area contributed by atoms with Crippen LogP contribution < -0.4 is 5.32 Å². The van der Waals surface area contributed by atoms with Crippen LogP contribution in [0, 0.1) is 0 Å². The number of thioether (sulfide) groups is 1. The SMILES string of the molecule is CSC1CCCCC1Nc1nc2ccc(Cl)cn2n1. The van der Waals surface area contributed by atoms with Gasteiger partial charge in [0.15, 0.2) is 5.65 Å². The van der Waals surface area contributed by atoms with Crippen molar-refractivity contribution in [2.24, 2.45) is 0 Å². The molecule has 6 heteroatoms. The number of halogens is 1. The molecule has 0 spiro atoms. The Balaban J connectivity index is 1.80. The molecular weight excluding hydrogens is 280 g/mol. The van der Waals surface area contributed by atoms with Gasteiger partial charge in [-0.15, -0.1) is 5.10 Å². The van der Waals surface area contributed by atoms with E-state index in [1.54, 1.807) is 10.7 Å². The summed E-state index contributed by atoms with van der Waals surface area (Å²) in [6, 6.07) is 4.19. The third-order valence-electron chi connectivity index (χ3n) is 3.61. The van der Waals surface area contributed by atoms with Crippen LogP contribution in [0.3, 0.4) is 0 Å². The Kier molecular flexibility index (Phi) is 3.84. The minimum Gasteiger partial charge on any atom is -0.349 e. The van der Waals surface area contributed by atoms with Gasteiger partial charge in [-0.2, -0.15) is 16.7 Å². The lowest BCUT2D eigenvalue weighted by molar-refractivity contribution is 0.473. The quantitative estimate of drug-likeness (QED) is 0.942. The minimum atomic E-state index is 0.469. The largest absolute Gasteiger partial charge is 0.349 e. The van der Waals surface area contributed by atoms with Crippen LogP contribution in [0.1, 0.15) is 25.7 Å². The highest BCUT2D eigenvalue weighted by Crippen LogP contribution is 2.29. The van der Waals surface area contributed by atoms with Crippen LogP contribution >= 0.6 is 23.4 Å². The molecule has 2 heterocycles. The highest BCUT2D eigenvalue weighted by molar-refractivity contribution is 7.99. The van der Waals surface area contributed by atoms with E-state index in [2.05, 4.69) is 21.7 Å². The smallest absolute Gasteiger partial charge is 0.243 e. The van der Waals surface area contributed by atoms with Gasteiger partial charge in [-0.3, -0.25) is 0 Å². The van der Waals surface area contributed by atoms with Gasteiger partial charge >= 0.3 is 0 Å². The molecule has 0 aliphatic heterocycles. The molecule has 0 bridgehead atoms. The molecule has 0 radical (unpaired) electrons. The highest BCUT2D eigenvalue weighted by atomic mass is 35.5. The molecule has 1 saturated carbocycles. The van der Waals surface area contributed by atoms with Crippen molar-refractivity contribution >= 4 is 35.0 Å². The van der Waals surface area contributed by atoms with Crippen LogP contribution in [-0.2, 0) is 0 Å². The lowest BCUT2D eigenvalue weighted by Crippen LogP contribution is -2.34. The summed E-state index contributed by atoms with van der Waals surface area (Å²) < 4.78 is 1.72. The number of hydrogen-bond donors (Lipinski definition) is 1. The fraction of sp³-hybridized carbons (Fsp3) is 0.538. The molecule has 3 rings (SSSR count). The first kappa shape index (κ1) is 13.1. The minimum absolute atomic E-state index is 0.469. The number of hydrogen-bond acceptors (Lipinski definition) is 4. The van der Waals surface area contributed by atoms with Crippen LogP contribution in [0.2, 0.25) is 5.02 Å². The summed E-state index contributed by atoms with van der Waals surface area (Å²) in [4.78, 5) is 4.49. The predicted octanol–water partition coefficient (Wildman–Crippen LogP) is 3.47. The van der Waals surface area contributed by atoms with Gasteiger partial charge in [0.25, 0.3) is 0 Å². The Labute approximate surface area is 121 Å². The van der Waals surface area contributed by atoms with E-state index in [-0.39, 0.29) is 0 Å². The van der Waals surface area contributed by atoms with Crippen molar-refractivity contribution in [2.75, 3.05) is 11.6 Å². The normalized spacial score (nSPS) is 23.7. The van der Waals surface area contributed by atoms with E-state index < -0.39 is 0 Å². The molecule has 4 nitrogen and oxygen atoms in total. The Hall–Kier alpha value is -0.940. The lowest BCUT2D eigenvalue weighted by Gasteiger charge is -2.30. The van der Waals surface area contributed by atoms with Crippen molar-refractivity contribution in [2.45, 2.75) is 37.0 Å².